The molecule has 1 nitrogen and oxygen atoms in total. The van der Waals surface area contributed by atoms with Crippen LogP contribution in [0, 0.1) is 11.8 Å². The summed E-state index contributed by atoms with van der Waals surface area (Å²) in [5, 5.41) is 3.60. The zero-order valence-corrected chi connectivity index (χ0v) is 8.06. The van der Waals surface area contributed by atoms with Gasteiger partial charge in [0.05, 0.1) is 0 Å². The number of rotatable bonds is 2. The molecule has 1 rings (SSSR count). The van der Waals surface area contributed by atoms with Crippen LogP contribution in [0.25, 0.3) is 0 Å². The number of hydrogen-bond donors (Lipinski definition) is 1. The molecule has 1 heteroatoms. The minimum absolute atomic E-state index is 0.795. The molecule has 11 heavy (non-hydrogen) atoms. The van der Waals surface area contributed by atoms with Crippen molar-refractivity contribution in [1.29, 1.82) is 0 Å². The zero-order valence-electron chi connectivity index (χ0n) is 8.06. The molecule has 1 N–H and O–H groups in total. The maximum atomic E-state index is 3.60. The quantitative estimate of drug-likeness (QED) is 0.645. The smallest absolute Gasteiger partial charge is 0.00951 e. The molecule has 0 radical (unpaired) electrons. The van der Waals surface area contributed by atoms with Crippen molar-refractivity contribution in [3.05, 3.63) is 0 Å². The summed E-state index contributed by atoms with van der Waals surface area (Å²) in [6.07, 6.45) is 4.19. The number of nitrogens with one attached hydrogen (secondary N) is 1. The summed E-state index contributed by atoms with van der Waals surface area (Å²) >= 11 is 0. The van der Waals surface area contributed by atoms with Gasteiger partial charge in [-0.2, -0.15) is 0 Å². The zero-order chi connectivity index (χ0) is 8.27. The molecule has 0 saturated carbocycles. The first kappa shape index (κ1) is 9.05. The number of piperidine rings is 1. The van der Waals surface area contributed by atoms with Gasteiger partial charge in [0.25, 0.3) is 0 Å². The Labute approximate surface area is 70.6 Å². The Kier molecular flexibility index (Phi) is 3.38. The molecule has 1 aliphatic heterocycles. The lowest BCUT2D eigenvalue weighted by molar-refractivity contribution is 0.256. The van der Waals surface area contributed by atoms with Crippen LogP contribution in [0.2, 0.25) is 0 Å². The van der Waals surface area contributed by atoms with Gasteiger partial charge in [-0.05, 0) is 31.2 Å². The number of hydrogen-bond acceptors (Lipinski definition) is 1. The lowest BCUT2D eigenvalue weighted by atomic mass is 9.86. The molecule has 2 atom stereocenters. The second-order valence-electron chi connectivity index (χ2n) is 4.16. The van der Waals surface area contributed by atoms with Gasteiger partial charge in [-0.1, -0.05) is 27.2 Å². The summed E-state index contributed by atoms with van der Waals surface area (Å²) in [6, 6.07) is 0.795. The fourth-order valence-corrected chi connectivity index (χ4v) is 1.79. The predicted molar refractivity (Wildman–Crippen MR) is 49.6 cm³/mol. The molecular formula is C10H21N. The van der Waals surface area contributed by atoms with Gasteiger partial charge >= 0.3 is 0 Å². The van der Waals surface area contributed by atoms with Crippen LogP contribution in [-0.2, 0) is 0 Å². The molecule has 1 unspecified atom stereocenters. The molecule has 1 heterocycles. The first-order valence-electron chi connectivity index (χ1n) is 4.95. The third-order valence-corrected chi connectivity index (χ3v) is 3.03. The maximum absolute atomic E-state index is 3.60. The molecule has 0 aromatic carbocycles. The maximum Gasteiger partial charge on any atom is 0.00951 e. The predicted octanol–water partition coefficient (Wildman–Crippen LogP) is 2.42. The van der Waals surface area contributed by atoms with E-state index in [1.807, 2.05) is 0 Å². The van der Waals surface area contributed by atoms with Crippen molar-refractivity contribution >= 4 is 0 Å². The minimum atomic E-state index is 0.795. The largest absolute Gasteiger partial charge is 0.314 e. The van der Waals surface area contributed by atoms with Crippen molar-refractivity contribution < 1.29 is 0 Å². The highest BCUT2D eigenvalue weighted by molar-refractivity contribution is 4.78. The third-order valence-electron chi connectivity index (χ3n) is 3.03. The van der Waals surface area contributed by atoms with E-state index in [4.69, 9.17) is 0 Å². The second-order valence-corrected chi connectivity index (χ2v) is 4.16. The molecule has 1 fully saturated rings. The monoisotopic (exact) mass is 155 g/mol. The van der Waals surface area contributed by atoms with E-state index in [0.29, 0.717) is 0 Å². The molecule has 0 amide bonds. The van der Waals surface area contributed by atoms with Crippen LogP contribution in [0.1, 0.15) is 40.0 Å². The van der Waals surface area contributed by atoms with Crippen molar-refractivity contribution in [1.82, 2.24) is 5.32 Å². The lowest BCUT2D eigenvalue weighted by Gasteiger charge is -2.31. The van der Waals surface area contributed by atoms with E-state index in [2.05, 4.69) is 26.1 Å². The highest BCUT2D eigenvalue weighted by atomic mass is 14.9. The second kappa shape index (κ2) is 4.10. The van der Waals surface area contributed by atoms with E-state index in [9.17, 15) is 0 Å². The van der Waals surface area contributed by atoms with Crippen molar-refractivity contribution in [3.63, 3.8) is 0 Å². The summed E-state index contributed by atoms with van der Waals surface area (Å²) < 4.78 is 0. The van der Waals surface area contributed by atoms with Crippen molar-refractivity contribution in [2.24, 2.45) is 11.8 Å². The van der Waals surface area contributed by atoms with Gasteiger partial charge in [0.1, 0.15) is 0 Å². The Balaban J connectivity index is 2.32. The summed E-state index contributed by atoms with van der Waals surface area (Å²) in [4.78, 5) is 0. The fraction of sp³-hybridized carbons (Fsp3) is 1.00. The molecule has 0 aliphatic carbocycles. The van der Waals surface area contributed by atoms with Gasteiger partial charge in [0.15, 0.2) is 0 Å². The average Bonchev–Trinajstić information content (AvgIpc) is 2.05. The summed E-state index contributed by atoms with van der Waals surface area (Å²) in [7, 11) is 0. The Morgan fingerprint density at radius 3 is 2.36 bits per heavy atom. The van der Waals surface area contributed by atoms with Crippen LogP contribution < -0.4 is 5.32 Å². The molecule has 0 bridgehead atoms. The highest BCUT2D eigenvalue weighted by Crippen LogP contribution is 2.20. The van der Waals surface area contributed by atoms with Crippen LogP contribution in [0.4, 0.5) is 0 Å². The van der Waals surface area contributed by atoms with E-state index in [-0.39, 0.29) is 0 Å². The molecule has 0 spiro atoms. The van der Waals surface area contributed by atoms with Crippen LogP contribution in [-0.4, -0.2) is 12.6 Å². The standard InChI is InChI=1S/C10H21N/c1-8(2)9(3)10-6-4-5-7-11-10/h8-11H,4-7H2,1-3H3/t9?,10-/m0/s1. The Morgan fingerprint density at radius 2 is 1.91 bits per heavy atom. The van der Waals surface area contributed by atoms with Gasteiger partial charge in [-0.3, -0.25) is 0 Å². The van der Waals surface area contributed by atoms with Crippen molar-refractivity contribution in [2.75, 3.05) is 6.54 Å². The Morgan fingerprint density at radius 1 is 1.18 bits per heavy atom. The SMILES string of the molecule is CC(C)C(C)[C@@H]1CCCCN1. The van der Waals surface area contributed by atoms with E-state index >= 15 is 0 Å². The highest BCUT2D eigenvalue weighted by Gasteiger charge is 2.21. The topological polar surface area (TPSA) is 12.0 Å². The Hall–Kier alpha value is -0.0400. The van der Waals surface area contributed by atoms with Crippen LogP contribution in [0.3, 0.4) is 0 Å². The summed E-state index contributed by atoms with van der Waals surface area (Å²) in [5.41, 5.74) is 0. The molecule has 0 aromatic rings. The van der Waals surface area contributed by atoms with Gasteiger partial charge in [0, 0.05) is 6.04 Å². The first-order chi connectivity index (χ1) is 5.22. The normalized spacial score (nSPS) is 28.9. The van der Waals surface area contributed by atoms with Gasteiger partial charge in [-0.15, -0.1) is 0 Å². The third kappa shape index (κ3) is 2.48. The van der Waals surface area contributed by atoms with E-state index < -0.39 is 0 Å². The van der Waals surface area contributed by atoms with E-state index in [0.717, 1.165) is 17.9 Å². The molecule has 0 aromatic heterocycles. The van der Waals surface area contributed by atoms with E-state index in [1.54, 1.807) is 0 Å². The first-order valence-corrected chi connectivity index (χ1v) is 4.95. The van der Waals surface area contributed by atoms with Crippen LogP contribution in [0.5, 0.6) is 0 Å². The average molecular weight is 155 g/mol. The van der Waals surface area contributed by atoms with Gasteiger partial charge < -0.3 is 5.32 Å². The van der Waals surface area contributed by atoms with Gasteiger partial charge in [0.2, 0.25) is 0 Å². The van der Waals surface area contributed by atoms with Crippen LogP contribution in [0.15, 0.2) is 0 Å². The molecule has 1 saturated heterocycles. The van der Waals surface area contributed by atoms with Crippen molar-refractivity contribution in [2.45, 2.75) is 46.1 Å². The Bertz CT molecular complexity index is 103. The minimum Gasteiger partial charge on any atom is -0.314 e. The lowest BCUT2D eigenvalue weighted by Crippen LogP contribution is -2.40. The molecule has 66 valence electrons. The molecule has 1 aliphatic rings. The van der Waals surface area contributed by atoms with Crippen molar-refractivity contribution in [3.8, 4) is 0 Å². The van der Waals surface area contributed by atoms with Gasteiger partial charge in [-0.25, -0.2) is 0 Å². The van der Waals surface area contributed by atoms with E-state index in [1.165, 1.54) is 25.8 Å². The van der Waals surface area contributed by atoms with Crippen LogP contribution >= 0.6 is 0 Å². The molecular weight excluding hydrogens is 134 g/mol. The fourth-order valence-electron chi connectivity index (χ4n) is 1.79. The summed E-state index contributed by atoms with van der Waals surface area (Å²) in [6.45, 7) is 8.25. The summed E-state index contributed by atoms with van der Waals surface area (Å²) in [5.74, 6) is 1.67.